The molecular weight excluding hydrogens is 346 g/mol. The fourth-order valence-electron chi connectivity index (χ4n) is 1.99. The SMILES string of the molecule is CCOC(=O)c1cc2c(Br)c3nc(Cl)ccc3cc2o1. The molecule has 4 nitrogen and oxygen atoms in total. The molecular formula is C14H9BrClNO3. The summed E-state index contributed by atoms with van der Waals surface area (Å²) in [6.07, 6.45) is 0. The lowest BCUT2D eigenvalue weighted by molar-refractivity contribution is 0.0492. The second-order valence-electron chi connectivity index (χ2n) is 4.14. The first-order valence-electron chi connectivity index (χ1n) is 5.95. The zero-order chi connectivity index (χ0) is 14.3. The number of carbonyl (C=O) groups is 1. The highest BCUT2D eigenvalue weighted by Gasteiger charge is 2.17. The molecule has 0 bridgehead atoms. The molecule has 0 saturated carbocycles. The van der Waals surface area contributed by atoms with Crippen molar-refractivity contribution in [3.63, 3.8) is 0 Å². The Kier molecular flexibility index (Phi) is 3.40. The van der Waals surface area contributed by atoms with Crippen LogP contribution in [0, 0.1) is 0 Å². The first-order chi connectivity index (χ1) is 9.60. The van der Waals surface area contributed by atoms with Crippen LogP contribution in [0.3, 0.4) is 0 Å². The van der Waals surface area contributed by atoms with Crippen LogP contribution in [0.2, 0.25) is 5.15 Å². The lowest BCUT2D eigenvalue weighted by atomic mass is 10.1. The van der Waals surface area contributed by atoms with Crippen molar-refractivity contribution in [2.75, 3.05) is 6.61 Å². The summed E-state index contributed by atoms with van der Waals surface area (Å²) in [6, 6.07) is 7.01. The van der Waals surface area contributed by atoms with Gasteiger partial charge in [-0.15, -0.1) is 0 Å². The number of halogens is 2. The van der Waals surface area contributed by atoms with Crippen molar-refractivity contribution in [1.82, 2.24) is 4.98 Å². The summed E-state index contributed by atoms with van der Waals surface area (Å²) in [5.74, 6) is -0.311. The number of ether oxygens (including phenoxy) is 1. The Labute approximate surface area is 127 Å². The van der Waals surface area contributed by atoms with E-state index < -0.39 is 5.97 Å². The van der Waals surface area contributed by atoms with Crippen LogP contribution in [-0.2, 0) is 4.74 Å². The Balaban J connectivity index is 2.25. The van der Waals surface area contributed by atoms with Crippen LogP contribution in [-0.4, -0.2) is 17.6 Å². The molecule has 0 fully saturated rings. The van der Waals surface area contributed by atoms with Crippen LogP contribution in [0.5, 0.6) is 0 Å². The zero-order valence-corrected chi connectivity index (χ0v) is 12.8. The van der Waals surface area contributed by atoms with Gasteiger partial charge in [-0.05, 0) is 41.1 Å². The van der Waals surface area contributed by atoms with Crippen molar-refractivity contribution in [3.05, 3.63) is 39.7 Å². The number of hydrogen-bond acceptors (Lipinski definition) is 4. The minimum Gasteiger partial charge on any atom is -0.460 e. The summed E-state index contributed by atoms with van der Waals surface area (Å²) in [5, 5.41) is 2.04. The van der Waals surface area contributed by atoms with E-state index in [0.29, 0.717) is 17.3 Å². The Morgan fingerprint density at radius 2 is 2.25 bits per heavy atom. The highest BCUT2D eigenvalue weighted by molar-refractivity contribution is 9.10. The van der Waals surface area contributed by atoms with Crippen molar-refractivity contribution in [2.45, 2.75) is 6.92 Å². The third-order valence-electron chi connectivity index (χ3n) is 2.86. The molecule has 1 aromatic carbocycles. The number of pyridine rings is 1. The topological polar surface area (TPSA) is 52.3 Å². The Hall–Kier alpha value is -1.59. The number of nitrogens with zero attached hydrogens (tertiary/aromatic N) is 1. The van der Waals surface area contributed by atoms with Crippen molar-refractivity contribution in [2.24, 2.45) is 0 Å². The number of fused-ring (bicyclic) bond motifs is 2. The fraction of sp³-hybridized carbons (Fsp3) is 0.143. The molecule has 0 radical (unpaired) electrons. The van der Waals surface area contributed by atoms with Crippen LogP contribution in [0.15, 0.2) is 33.2 Å². The van der Waals surface area contributed by atoms with Crippen LogP contribution >= 0.6 is 27.5 Å². The number of aromatic nitrogens is 1. The number of esters is 1. The highest BCUT2D eigenvalue weighted by atomic mass is 79.9. The van der Waals surface area contributed by atoms with E-state index in [1.165, 1.54) is 0 Å². The molecule has 0 saturated heterocycles. The van der Waals surface area contributed by atoms with E-state index in [1.807, 2.05) is 12.1 Å². The number of carbonyl (C=O) groups excluding carboxylic acids is 1. The summed E-state index contributed by atoms with van der Waals surface area (Å²) < 4.78 is 11.2. The van der Waals surface area contributed by atoms with Gasteiger partial charge in [-0.2, -0.15) is 0 Å². The quantitative estimate of drug-likeness (QED) is 0.499. The van der Waals surface area contributed by atoms with Crippen molar-refractivity contribution in [1.29, 1.82) is 0 Å². The maximum Gasteiger partial charge on any atom is 0.374 e. The predicted molar refractivity (Wildman–Crippen MR) is 80.2 cm³/mol. The van der Waals surface area contributed by atoms with Crippen LogP contribution in [0.1, 0.15) is 17.5 Å². The van der Waals surface area contributed by atoms with Gasteiger partial charge in [0, 0.05) is 16.8 Å². The number of rotatable bonds is 2. The second kappa shape index (κ2) is 5.07. The number of furan rings is 1. The average Bonchev–Trinajstić information content (AvgIpc) is 2.84. The number of hydrogen-bond donors (Lipinski definition) is 0. The third-order valence-corrected chi connectivity index (χ3v) is 3.87. The van der Waals surface area contributed by atoms with Crippen molar-refractivity contribution in [3.8, 4) is 0 Å². The van der Waals surface area contributed by atoms with E-state index >= 15 is 0 Å². The Morgan fingerprint density at radius 1 is 1.45 bits per heavy atom. The molecule has 102 valence electrons. The van der Waals surface area contributed by atoms with E-state index in [4.69, 9.17) is 20.8 Å². The van der Waals surface area contributed by atoms with Gasteiger partial charge in [-0.3, -0.25) is 0 Å². The van der Waals surface area contributed by atoms with Crippen molar-refractivity contribution < 1.29 is 13.9 Å². The maximum absolute atomic E-state index is 11.7. The van der Waals surface area contributed by atoms with Crippen LogP contribution in [0.25, 0.3) is 21.9 Å². The average molecular weight is 355 g/mol. The van der Waals surface area contributed by atoms with Gasteiger partial charge in [0.25, 0.3) is 0 Å². The first-order valence-corrected chi connectivity index (χ1v) is 7.12. The van der Waals surface area contributed by atoms with E-state index in [2.05, 4.69) is 20.9 Å². The molecule has 0 amide bonds. The molecule has 20 heavy (non-hydrogen) atoms. The number of benzene rings is 1. The van der Waals surface area contributed by atoms with Gasteiger partial charge in [0.15, 0.2) is 0 Å². The van der Waals surface area contributed by atoms with Gasteiger partial charge >= 0.3 is 5.97 Å². The summed E-state index contributed by atoms with van der Waals surface area (Å²) in [7, 11) is 0. The van der Waals surface area contributed by atoms with E-state index in [9.17, 15) is 4.79 Å². The molecule has 0 aliphatic rings. The molecule has 6 heteroatoms. The summed E-state index contributed by atoms with van der Waals surface area (Å²) in [4.78, 5) is 16.0. The van der Waals surface area contributed by atoms with Gasteiger partial charge in [0.1, 0.15) is 10.7 Å². The minimum absolute atomic E-state index is 0.170. The summed E-state index contributed by atoms with van der Waals surface area (Å²) in [5.41, 5.74) is 1.32. The Morgan fingerprint density at radius 3 is 3.00 bits per heavy atom. The lowest BCUT2D eigenvalue weighted by Gasteiger charge is -2.01. The molecule has 2 aromatic heterocycles. The molecule has 0 N–H and O–H groups in total. The molecule has 0 unspecified atom stereocenters. The highest BCUT2D eigenvalue weighted by Crippen LogP contribution is 2.34. The van der Waals surface area contributed by atoms with Gasteiger partial charge in [-0.1, -0.05) is 11.6 Å². The molecule has 0 aliphatic carbocycles. The van der Waals surface area contributed by atoms with Gasteiger partial charge in [-0.25, -0.2) is 9.78 Å². The monoisotopic (exact) mass is 353 g/mol. The molecule has 0 atom stereocenters. The molecule has 2 heterocycles. The summed E-state index contributed by atoms with van der Waals surface area (Å²) >= 11 is 9.39. The predicted octanol–water partition coefficient (Wildman–Crippen LogP) is 4.57. The standard InChI is InChI=1S/C14H9BrClNO3/c1-2-19-14(18)10-6-8-9(20-10)5-7-3-4-11(16)17-13(7)12(8)15/h3-6H,2H2,1H3. The smallest absolute Gasteiger partial charge is 0.374 e. The molecule has 0 spiro atoms. The van der Waals surface area contributed by atoms with Crippen molar-refractivity contribution >= 4 is 55.4 Å². The largest absolute Gasteiger partial charge is 0.460 e. The summed E-state index contributed by atoms with van der Waals surface area (Å²) in [6.45, 7) is 2.05. The zero-order valence-electron chi connectivity index (χ0n) is 10.4. The van der Waals surface area contributed by atoms with Crippen LogP contribution in [0.4, 0.5) is 0 Å². The second-order valence-corrected chi connectivity index (χ2v) is 5.32. The fourth-order valence-corrected chi connectivity index (χ4v) is 2.77. The van der Waals surface area contributed by atoms with Gasteiger partial charge in [0.05, 0.1) is 16.6 Å². The Bertz CT molecular complexity index is 828. The van der Waals surface area contributed by atoms with E-state index in [0.717, 1.165) is 20.8 Å². The maximum atomic E-state index is 11.7. The van der Waals surface area contributed by atoms with E-state index in [-0.39, 0.29) is 5.76 Å². The van der Waals surface area contributed by atoms with Crippen LogP contribution < -0.4 is 0 Å². The minimum atomic E-state index is -0.481. The normalized spacial score (nSPS) is 11.2. The van der Waals surface area contributed by atoms with Gasteiger partial charge in [0.2, 0.25) is 5.76 Å². The molecule has 3 rings (SSSR count). The molecule has 3 aromatic rings. The third kappa shape index (κ3) is 2.17. The molecule has 0 aliphatic heterocycles. The lowest BCUT2D eigenvalue weighted by Crippen LogP contribution is -2.02. The van der Waals surface area contributed by atoms with E-state index in [1.54, 1.807) is 19.1 Å². The first kappa shape index (κ1) is 13.4. The van der Waals surface area contributed by atoms with Gasteiger partial charge < -0.3 is 9.15 Å².